The number of halogens is 6. The SMILES string of the molecule is CC(C)n1c(=O)c(-c2cc(F)c(NS(=O)(=O)CCC(F)(F)F)c(F)c2)nc2cnc(NC3CCC(N(C)C)C(F)C3)nc21. The second-order valence-corrected chi connectivity index (χ2v) is 12.8. The molecule has 0 saturated heterocycles. The van der Waals surface area contributed by atoms with Gasteiger partial charge in [0, 0.05) is 30.1 Å². The normalized spacial score (nSPS) is 19.8. The molecule has 3 atom stereocenters. The second kappa shape index (κ2) is 12.3. The third-order valence-electron chi connectivity index (χ3n) is 7.11. The molecular weight excluding hydrogens is 604 g/mol. The quantitative estimate of drug-likeness (QED) is 0.327. The number of anilines is 2. The number of fused-ring (bicyclic) bond motifs is 1. The van der Waals surface area contributed by atoms with Crippen LogP contribution in [-0.2, 0) is 10.0 Å². The van der Waals surface area contributed by atoms with E-state index in [0.29, 0.717) is 25.0 Å². The fraction of sp³-hybridized carbons (Fsp3) is 0.538. The highest BCUT2D eigenvalue weighted by Crippen LogP contribution is 2.29. The average Bonchev–Trinajstić information content (AvgIpc) is 2.88. The van der Waals surface area contributed by atoms with Crippen molar-refractivity contribution in [2.24, 2.45) is 0 Å². The molecule has 0 radical (unpaired) electrons. The molecule has 2 N–H and O–H groups in total. The predicted molar refractivity (Wildman–Crippen MR) is 149 cm³/mol. The van der Waals surface area contributed by atoms with Crippen molar-refractivity contribution in [3.8, 4) is 11.3 Å². The number of alkyl halides is 4. The van der Waals surface area contributed by atoms with Gasteiger partial charge in [-0.25, -0.2) is 31.6 Å². The Morgan fingerprint density at radius 1 is 1.12 bits per heavy atom. The van der Waals surface area contributed by atoms with E-state index in [0.717, 1.165) is 0 Å². The largest absolute Gasteiger partial charge is 0.390 e. The van der Waals surface area contributed by atoms with Crippen LogP contribution in [0, 0.1) is 11.6 Å². The molecule has 17 heteroatoms. The van der Waals surface area contributed by atoms with Crippen molar-refractivity contribution in [2.75, 3.05) is 29.9 Å². The van der Waals surface area contributed by atoms with E-state index in [1.54, 1.807) is 13.8 Å². The van der Waals surface area contributed by atoms with Crippen LogP contribution >= 0.6 is 0 Å². The van der Waals surface area contributed by atoms with Gasteiger partial charge in [0.2, 0.25) is 16.0 Å². The highest BCUT2D eigenvalue weighted by Gasteiger charge is 2.33. The number of aromatic nitrogens is 4. The number of nitrogens with zero attached hydrogens (tertiary/aromatic N) is 5. The van der Waals surface area contributed by atoms with Crippen molar-refractivity contribution in [3.63, 3.8) is 0 Å². The lowest BCUT2D eigenvalue weighted by Crippen LogP contribution is -2.44. The molecule has 2 aromatic heterocycles. The summed E-state index contributed by atoms with van der Waals surface area (Å²) >= 11 is 0. The fourth-order valence-electron chi connectivity index (χ4n) is 5.00. The van der Waals surface area contributed by atoms with Crippen LogP contribution in [-0.4, -0.2) is 77.1 Å². The number of hydrogen-bond donors (Lipinski definition) is 2. The fourth-order valence-corrected chi connectivity index (χ4v) is 6.10. The molecule has 4 rings (SSSR count). The van der Waals surface area contributed by atoms with Crippen molar-refractivity contribution in [3.05, 3.63) is 40.3 Å². The molecule has 0 bridgehead atoms. The summed E-state index contributed by atoms with van der Waals surface area (Å²) in [5, 5.41) is 3.11. The van der Waals surface area contributed by atoms with Crippen LogP contribution in [0.1, 0.15) is 45.6 Å². The number of sulfonamides is 1. The summed E-state index contributed by atoms with van der Waals surface area (Å²) in [7, 11) is -1.10. The number of nitrogens with one attached hydrogen (secondary N) is 2. The van der Waals surface area contributed by atoms with E-state index in [4.69, 9.17) is 0 Å². The standard InChI is InChI=1S/C26H31F6N7O3S/c1-13(2)39-23-19(12-33-25(36-23)34-15-5-6-20(38(3)4)16(27)11-15)35-21(24(39)40)14-9-17(28)22(18(29)10-14)37-43(41,42)8-7-26(30,31)32/h9-10,12-13,15-16,20,37H,5-8,11H2,1-4H3,(H,33,34,36). The Morgan fingerprint density at radius 3 is 2.33 bits per heavy atom. The van der Waals surface area contributed by atoms with Crippen LogP contribution in [0.2, 0.25) is 0 Å². The van der Waals surface area contributed by atoms with Gasteiger partial charge < -0.3 is 10.2 Å². The van der Waals surface area contributed by atoms with Crippen LogP contribution in [0.4, 0.5) is 38.0 Å². The van der Waals surface area contributed by atoms with Gasteiger partial charge >= 0.3 is 6.18 Å². The second-order valence-electron chi connectivity index (χ2n) is 10.9. The zero-order chi connectivity index (χ0) is 31.9. The molecular formula is C26H31F6N7O3S. The molecule has 3 unspecified atom stereocenters. The Hall–Kier alpha value is -3.47. The predicted octanol–water partition coefficient (Wildman–Crippen LogP) is 4.64. The number of benzene rings is 1. The summed E-state index contributed by atoms with van der Waals surface area (Å²) in [5.41, 5.74) is -2.47. The van der Waals surface area contributed by atoms with Crippen LogP contribution in [0.15, 0.2) is 23.1 Å². The first-order valence-corrected chi connectivity index (χ1v) is 15.0. The molecule has 0 spiro atoms. The maximum absolute atomic E-state index is 14.9. The topological polar surface area (TPSA) is 122 Å². The van der Waals surface area contributed by atoms with Crippen LogP contribution < -0.4 is 15.6 Å². The van der Waals surface area contributed by atoms with Gasteiger partial charge in [-0.15, -0.1) is 0 Å². The molecule has 1 saturated carbocycles. The summed E-state index contributed by atoms with van der Waals surface area (Å²) in [6.45, 7) is 3.35. The molecule has 43 heavy (non-hydrogen) atoms. The molecule has 2 heterocycles. The van der Waals surface area contributed by atoms with Gasteiger partial charge in [-0.3, -0.25) is 14.1 Å². The van der Waals surface area contributed by atoms with Gasteiger partial charge in [0.1, 0.15) is 23.1 Å². The minimum Gasteiger partial charge on any atom is -0.351 e. The van der Waals surface area contributed by atoms with Crippen molar-refractivity contribution >= 4 is 32.8 Å². The van der Waals surface area contributed by atoms with Crippen molar-refractivity contribution in [2.45, 2.75) is 70.0 Å². The molecule has 10 nitrogen and oxygen atoms in total. The molecule has 1 aliphatic carbocycles. The van der Waals surface area contributed by atoms with E-state index in [1.165, 1.54) is 15.5 Å². The van der Waals surface area contributed by atoms with Crippen molar-refractivity contribution in [1.82, 2.24) is 24.4 Å². The summed E-state index contributed by atoms with van der Waals surface area (Å²) < 4.78 is 108. The third-order valence-corrected chi connectivity index (χ3v) is 8.37. The Morgan fingerprint density at radius 2 is 1.77 bits per heavy atom. The lowest BCUT2D eigenvalue weighted by molar-refractivity contribution is -0.129. The van der Waals surface area contributed by atoms with Gasteiger partial charge in [0.25, 0.3) is 5.56 Å². The first kappa shape index (κ1) is 32.4. The zero-order valence-corrected chi connectivity index (χ0v) is 24.5. The first-order valence-electron chi connectivity index (χ1n) is 13.4. The summed E-state index contributed by atoms with van der Waals surface area (Å²) in [5.74, 6) is -4.22. The molecule has 1 aliphatic rings. The monoisotopic (exact) mass is 635 g/mol. The lowest BCUT2D eigenvalue weighted by atomic mass is 9.89. The van der Waals surface area contributed by atoms with Crippen molar-refractivity contribution < 1.29 is 34.8 Å². The summed E-state index contributed by atoms with van der Waals surface area (Å²) in [6, 6.07) is 0.367. The molecule has 0 aliphatic heterocycles. The number of hydrogen-bond acceptors (Lipinski definition) is 8. The van der Waals surface area contributed by atoms with Gasteiger partial charge in [0.05, 0.1) is 18.4 Å². The minimum absolute atomic E-state index is 0.103. The Balaban J connectivity index is 1.66. The van der Waals surface area contributed by atoms with Crippen LogP contribution in [0.25, 0.3) is 22.4 Å². The molecule has 1 fully saturated rings. The van der Waals surface area contributed by atoms with E-state index in [1.807, 2.05) is 19.0 Å². The van der Waals surface area contributed by atoms with Crippen LogP contribution in [0.3, 0.4) is 0 Å². The Bertz CT molecular complexity index is 1640. The number of rotatable bonds is 9. The molecule has 1 aromatic carbocycles. The van der Waals surface area contributed by atoms with Gasteiger partial charge in [0.15, 0.2) is 17.3 Å². The summed E-state index contributed by atoms with van der Waals surface area (Å²) in [6.07, 6.45) is -4.72. The van der Waals surface area contributed by atoms with Gasteiger partial charge in [-0.1, -0.05) is 0 Å². The Labute approximate surface area is 243 Å². The highest BCUT2D eigenvalue weighted by atomic mass is 32.2. The Kier molecular flexibility index (Phi) is 9.25. The van der Waals surface area contributed by atoms with Crippen LogP contribution in [0.5, 0.6) is 0 Å². The third kappa shape index (κ3) is 7.55. The zero-order valence-electron chi connectivity index (χ0n) is 23.7. The van der Waals surface area contributed by atoms with Gasteiger partial charge in [-0.2, -0.15) is 18.2 Å². The highest BCUT2D eigenvalue weighted by molar-refractivity contribution is 7.92. The van der Waals surface area contributed by atoms with E-state index in [-0.39, 0.29) is 41.2 Å². The first-order chi connectivity index (χ1) is 20.0. The maximum atomic E-state index is 14.9. The van der Waals surface area contributed by atoms with E-state index in [2.05, 4.69) is 20.3 Å². The minimum atomic E-state index is -4.79. The van der Waals surface area contributed by atoms with E-state index >= 15 is 0 Å². The van der Waals surface area contributed by atoms with E-state index < -0.39 is 69.2 Å². The van der Waals surface area contributed by atoms with E-state index in [9.17, 15) is 39.6 Å². The van der Waals surface area contributed by atoms with Gasteiger partial charge in [-0.05, 0) is 52.9 Å². The maximum Gasteiger partial charge on any atom is 0.390 e. The van der Waals surface area contributed by atoms with Crippen molar-refractivity contribution in [1.29, 1.82) is 0 Å². The molecule has 236 valence electrons. The molecule has 3 aromatic rings. The smallest absolute Gasteiger partial charge is 0.351 e. The lowest BCUT2D eigenvalue weighted by Gasteiger charge is -2.35. The summed E-state index contributed by atoms with van der Waals surface area (Å²) in [4.78, 5) is 28.2. The average molecular weight is 636 g/mol. The molecule has 0 amide bonds.